The first kappa shape index (κ1) is 9.92. The van der Waals surface area contributed by atoms with Gasteiger partial charge in [-0.05, 0) is 14.0 Å². The van der Waals surface area contributed by atoms with Gasteiger partial charge in [0.15, 0.2) is 6.29 Å². The molecular formula is C8H17NO3. The fourth-order valence-corrected chi connectivity index (χ4v) is 1.70. The quantitative estimate of drug-likeness (QED) is 0.606. The van der Waals surface area contributed by atoms with Gasteiger partial charge in [-0.1, -0.05) is 0 Å². The van der Waals surface area contributed by atoms with E-state index in [4.69, 9.17) is 9.47 Å². The zero-order valence-corrected chi connectivity index (χ0v) is 7.78. The second kappa shape index (κ2) is 4.18. The van der Waals surface area contributed by atoms with Gasteiger partial charge < -0.3 is 19.9 Å². The molecule has 0 aliphatic carbocycles. The number of hydrogen-bond acceptors (Lipinski definition) is 4. The van der Waals surface area contributed by atoms with Crippen molar-refractivity contribution in [2.45, 2.75) is 37.9 Å². The lowest BCUT2D eigenvalue weighted by Gasteiger charge is -2.37. The minimum atomic E-state index is -0.686. The van der Waals surface area contributed by atoms with Gasteiger partial charge >= 0.3 is 0 Å². The highest BCUT2D eigenvalue weighted by Crippen LogP contribution is 2.20. The van der Waals surface area contributed by atoms with Crippen molar-refractivity contribution in [2.24, 2.45) is 0 Å². The van der Waals surface area contributed by atoms with E-state index in [0.717, 1.165) is 0 Å². The lowest BCUT2D eigenvalue weighted by molar-refractivity contribution is -0.200. The number of hydrogen-bond donors (Lipinski definition) is 2. The summed E-state index contributed by atoms with van der Waals surface area (Å²) in [5, 5.41) is 12.4. The van der Waals surface area contributed by atoms with E-state index in [9.17, 15) is 5.11 Å². The molecule has 1 aliphatic heterocycles. The Balaban J connectivity index is 2.56. The van der Waals surface area contributed by atoms with Crippen LogP contribution in [-0.4, -0.2) is 43.8 Å². The number of likely N-dealkylation sites (N-methyl/N-ethyl adjacent to an activating group) is 1. The Hall–Kier alpha value is -0.160. The van der Waals surface area contributed by atoms with Crippen LogP contribution in [0.2, 0.25) is 0 Å². The van der Waals surface area contributed by atoms with Crippen molar-refractivity contribution in [1.82, 2.24) is 5.32 Å². The van der Waals surface area contributed by atoms with Gasteiger partial charge in [-0.25, -0.2) is 0 Å². The molecule has 4 nitrogen and oxygen atoms in total. The Bertz CT molecular complexity index is 142. The van der Waals surface area contributed by atoms with Crippen molar-refractivity contribution in [2.75, 3.05) is 14.2 Å². The molecule has 0 aromatic rings. The molecule has 12 heavy (non-hydrogen) atoms. The van der Waals surface area contributed by atoms with E-state index in [1.165, 1.54) is 0 Å². The highest BCUT2D eigenvalue weighted by Gasteiger charge is 2.34. The molecule has 4 atom stereocenters. The largest absolute Gasteiger partial charge is 0.380 e. The van der Waals surface area contributed by atoms with Crippen molar-refractivity contribution in [3.05, 3.63) is 0 Å². The van der Waals surface area contributed by atoms with Gasteiger partial charge in [0.2, 0.25) is 0 Å². The predicted octanol–water partition coefficient (Wildman–Crippen LogP) is -0.283. The third-order valence-corrected chi connectivity index (χ3v) is 2.35. The van der Waals surface area contributed by atoms with Crippen LogP contribution in [0.15, 0.2) is 0 Å². The van der Waals surface area contributed by atoms with Gasteiger partial charge in [0.25, 0.3) is 0 Å². The van der Waals surface area contributed by atoms with Crippen LogP contribution in [0.1, 0.15) is 13.3 Å². The van der Waals surface area contributed by atoms with E-state index in [0.29, 0.717) is 6.42 Å². The van der Waals surface area contributed by atoms with Gasteiger partial charge in [0, 0.05) is 13.5 Å². The number of methoxy groups -OCH3 is 1. The Morgan fingerprint density at radius 2 is 2.25 bits per heavy atom. The second-order valence-corrected chi connectivity index (χ2v) is 3.12. The average molecular weight is 175 g/mol. The Morgan fingerprint density at radius 3 is 2.75 bits per heavy atom. The molecule has 0 amide bonds. The summed E-state index contributed by atoms with van der Waals surface area (Å²) in [5.74, 6) is 0. The molecule has 4 heteroatoms. The number of aliphatic hydroxyl groups excluding tert-OH is 1. The zero-order chi connectivity index (χ0) is 9.14. The van der Waals surface area contributed by atoms with E-state index < -0.39 is 6.29 Å². The first-order chi connectivity index (χ1) is 5.69. The Labute approximate surface area is 72.9 Å². The van der Waals surface area contributed by atoms with Crippen LogP contribution in [0.4, 0.5) is 0 Å². The minimum Gasteiger partial charge on any atom is -0.380 e. The van der Waals surface area contributed by atoms with Crippen LogP contribution in [0, 0.1) is 0 Å². The van der Waals surface area contributed by atoms with Crippen LogP contribution >= 0.6 is 0 Å². The maximum atomic E-state index is 9.26. The lowest BCUT2D eigenvalue weighted by Crippen LogP contribution is -2.54. The summed E-state index contributed by atoms with van der Waals surface area (Å²) < 4.78 is 10.5. The molecule has 0 bridgehead atoms. The number of nitrogens with one attached hydrogen (secondary N) is 1. The van der Waals surface area contributed by atoms with Crippen LogP contribution in [0.3, 0.4) is 0 Å². The van der Waals surface area contributed by atoms with E-state index in [1.54, 1.807) is 7.11 Å². The molecule has 0 aromatic heterocycles. The molecule has 2 N–H and O–H groups in total. The summed E-state index contributed by atoms with van der Waals surface area (Å²) in [6, 6.07) is 0.165. The first-order valence-electron chi connectivity index (χ1n) is 4.22. The molecular weight excluding hydrogens is 158 g/mol. The molecule has 0 aromatic carbocycles. The monoisotopic (exact) mass is 175 g/mol. The van der Waals surface area contributed by atoms with Gasteiger partial charge in [0.05, 0.1) is 18.2 Å². The van der Waals surface area contributed by atoms with Gasteiger partial charge in [-0.3, -0.25) is 0 Å². The molecule has 0 spiro atoms. The molecule has 1 fully saturated rings. The molecule has 1 rings (SSSR count). The molecule has 1 unspecified atom stereocenters. The Morgan fingerprint density at radius 1 is 1.58 bits per heavy atom. The van der Waals surface area contributed by atoms with Crippen molar-refractivity contribution < 1.29 is 14.6 Å². The molecule has 0 saturated carbocycles. The predicted molar refractivity (Wildman–Crippen MR) is 44.8 cm³/mol. The van der Waals surface area contributed by atoms with E-state index >= 15 is 0 Å². The molecule has 1 aliphatic rings. The third kappa shape index (κ3) is 1.95. The fraction of sp³-hybridized carbons (Fsp3) is 1.00. The molecule has 72 valence electrons. The van der Waals surface area contributed by atoms with Crippen LogP contribution < -0.4 is 5.32 Å². The summed E-state index contributed by atoms with van der Waals surface area (Å²) >= 11 is 0. The smallest absolute Gasteiger partial charge is 0.157 e. The molecule has 1 saturated heterocycles. The summed E-state index contributed by atoms with van der Waals surface area (Å²) in [7, 11) is 3.52. The zero-order valence-electron chi connectivity index (χ0n) is 7.78. The maximum Gasteiger partial charge on any atom is 0.157 e. The van der Waals surface area contributed by atoms with Gasteiger partial charge in [0.1, 0.15) is 0 Å². The molecule has 1 heterocycles. The van der Waals surface area contributed by atoms with Crippen LogP contribution in [0.25, 0.3) is 0 Å². The Kier molecular flexibility index (Phi) is 3.46. The van der Waals surface area contributed by atoms with E-state index in [1.807, 2.05) is 14.0 Å². The average Bonchev–Trinajstić information content (AvgIpc) is 2.03. The highest BCUT2D eigenvalue weighted by atomic mass is 16.6. The van der Waals surface area contributed by atoms with Crippen molar-refractivity contribution >= 4 is 0 Å². The van der Waals surface area contributed by atoms with Crippen molar-refractivity contribution in [3.63, 3.8) is 0 Å². The molecule has 0 radical (unpaired) electrons. The van der Waals surface area contributed by atoms with Crippen molar-refractivity contribution in [3.8, 4) is 0 Å². The van der Waals surface area contributed by atoms with Crippen molar-refractivity contribution in [1.29, 1.82) is 0 Å². The summed E-state index contributed by atoms with van der Waals surface area (Å²) in [5.41, 5.74) is 0. The summed E-state index contributed by atoms with van der Waals surface area (Å²) in [6.07, 6.45) is -0.126. The maximum absolute atomic E-state index is 9.26. The lowest BCUT2D eigenvalue weighted by atomic mass is 10.00. The van der Waals surface area contributed by atoms with Gasteiger partial charge in [-0.2, -0.15) is 0 Å². The minimum absolute atomic E-state index is 0.0105. The number of aliphatic hydroxyl groups is 1. The highest BCUT2D eigenvalue weighted by molar-refractivity contribution is 4.86. The first-order valence-corrected chi connectivity index (χ1v) is 4.22. The number of rotatable bonds is 2. The normalized spacial score (nSPS) is 43.0. The summed E-state index contributed by atoms with van der Waals surface area (Å²) in [4.78, 5) is 0. The topological polar surface area (TPSA) is 50.7 Å². The van der Waals surface area contributed by atoms with E-state index in [2.05, 4.69) is 5.32 Å². The standard InChI is InChI=1S/C8H17NO3/c1-5-8(9-2)6(11-3)4-7(10)12-5/h5-10H,4H2,1-3H3/t5-,6-,7?,8-/m0/s1. The number of ether oxygens (including phenoxy) is 2. The fourth-order valence-electron chi connectivity index (χ4n) is 1.70. The SMILES string of the molecule is CN[C@H]1[C@H](C)OC(O)C[C@@H]1OC. The second-order valence-electron chi connectivity index (χ2n) is 3.12. The van der Waals surface area contributed by atoms with Gasteiger partial charge in [-0.15, -0.1) is 0 Å². The van der Waals surface area contributed by atoms with E-state index in [-0.39, 0.29) is 18.2 Å². The van der Waals surface area contributed by atoms with Crippen LogP contribution in [0.5, 0.6) is 0 Å². The summed E-state index contributed by atoms with van der Waals surface area (Å²) in [6.45, 7) is 1.93. The van der Waals surface area contributed by atoms with Crippen LogP contribution in [-0.2, 0) is 9.47 Å². The third-order valence-electron chi connectivity index (χ3n) is 2.35.